The molecule has 0 saturated heterocycles. The highest BCUT2D eigenvalue weighted by atomic mass is 16.5. The lowest BCUT2D eigenvalue weighted by atomic mass is 10.2. The van der Waals surface area contributed by atoms with Gasteiger partial charge in [-0.2, -0.15) is 0 Å². The lowest BCUT2D eigenvalue weighted by Gasteiger charge is -2.06. The summed E-state index contributed by atoms with van der Waals surface area (Å²) in [5.74, 6) is 0.551. The Balaban J connectivity index is 2.36. The normalized spacial score (nSPS) is 11.0. The van der Waals surface area contributed by atoms with Gasteiger partial charge in [-0.15, -0.1) is 0 Å². The highest BCUT2D eigenvalue weighted by Gasteiger charge is 2.00. The summed E-state index contributed by atoms with van der Waals surface area (Å²) in [6.45, 7) is 6.62. The molecule has 21 heavy (non-hydrogen) atoms. The Kier molecular flexibility index (Phi) is 8.25. The molecule has 0 fully saturated rings. The Morgan fingerprint density at radius 2 is 1.86 bits per heavy atom. The molecule has 1 rings (SSSR count). The summed E-state index contributed by atoms with van der Waals surface area (Å²) in [6, 6.07) is 7.71. The van der Waals surface area contributed by atoms with Gasteiger partial charge < -0.3 is 9.47 Å². The van der Waals surface area contributed by atoms with Crippen molar-refractivity contribution < 1.29 is 14.3 Å². The predicted octanol–water partition coefficient (Wildman–Crippen LogP) is 4.61. The average molecular weight is 290 g/mol. The molecular weight excluding hydrogens is 264 g/mol. The van der Waals surface area contributed by atoms with Gasteiger partial charge in [0.15, 0.2) is 0 Å². The minimum atomic E-state index is -0.318. The third kappa shape index (κ3) is 8.18. The summed E-state index contributed by atoms with van der Waals surface area (Å²) in [7, 11) is 0. The van der Waals surface area contributed by atoms with Crippen LogP contribution in [0.3, 0.4) is 0 Å². The monoisotopic (exact) mass is 290 g/mol. The van der Waals surface area contributed by atoms with E-state index < -0.39 is 0 Å². The molecular formula is C18H26O3. The topological polar surface area (TPSA) is 35.5 Å². The fourth-order valence-corrected chi connectivity index (χ4v) is 1.83. The minimum absolute atomic E-state index is 0.0920. The van der Waals surface area contributed by atoms with Crippen molar-refractivity contribution in [1.82, 2.24) is 0 Å². The first-order chi connectivity index (χ1) is 10.1. The van der Waals surface area contributed by atoms with Crippen molar-refractivity contribution in [2.45, 2.75) is 52.6 Å². The van der Waals surface area contributed by atoms with Crippen molar-refractivity contribution in [3.8, 4) is 5.75 Å². The van der Waals surface area contributed by atoms with Crippen LogP contribution in [0, 0.1) is 0 Å². The zero-order valence-corrected chi connectivity index (χ0v) is 13.3. The van der Waals surface area contributed by atoms with Gasteiger partial charge in [-0.25, -0.2) is 4.79 Å². The van der Waals surface area contributed by atoms with E-state index in [0.717, 1.165) is 24.3 Å². The van der Waals surface area contributed by atoms with Crippen LogP contribution < -0.4 is 4.74 Å². The van der Waals surface area contributed by atoms with Crippen LogP contribution >= 0.6 is 0 Å². The van der Waals surface area contributed by atoms with Gasteiger partial charge in [0.05, 0.1) is 12.7 Å². The lowest BCUT2D eigenvalue weighted by molar-refractivity contribution is -0.141. The fraction of sp³-hybridized carbons (Fsp3) is 0.500. The third-order valence-corrected chi connectivity index (χ3v) is 2.91. The third-order valence-electron chi connectivity index (χ3n) is 2.91. The molecule has 0 aliphatic heterocycles. The van der Waals surface area contributed by atoms with E-state index in [1.165, 1.54) is 25.3 Å². The summed E-state index contributed by atoms with van der Waals surface area (Å²) < 4.78 is 10.7. The van der Waals surface area contributed by atoms with Crippen molar-refractivity contribution in [3.05, 3.63) is 35.9 Å². The molecule has 0 amide bonds. The molecule has 0 heterocycles. The number of benzene rings is 1. The van der Waals surface area contributed by atoms with E-state index in [1.54, 1.807) is 6.08 Å². The number of hydrogen-bond donors (Lipinski definition) is 0. The van der Waals surface area contributed by atoms with Gasteiger partial charge in [-0.1, -0.05) is 38.3 Å². The van der Waals surface area contributed by atoms with Gasteiger partial charge in [0, 0.05) is 6.08 Å². The molecule has 0 aliphatic carbocycles. The van der Waals surface area contributed by atoms with Crippen LogP contribution in [0.15, 0.2) is 30.3 Å². The van der Waals surface area contributed by atoms with E-state index in [1.807, 2.05) is 38.1 Å². The van der Waals surface area contributed by atoms with Crippen LogP contribution in [0.1, 0.15) is 52.0 Å². The molecule has 3 heteroatoms. The number of hydrogen-bond acceptors (Lipinski definition) is 3. The first-order valence-corrected chi connectivity index (χ1v) is 7.73. The van der Waals surface area contributed by atoms with E-state index in [0.29, 0.717) is 0 Å². The van der Waals surface area contributed by atoms with E-state index >= 15 is 0 Å². The molecule has 0 radical (unpaired) electrons. The van der Waals surface area contributed by atoms with Crippen LogP contribution in [0.4, 0.5) is 0 Å². The lowest BCUT2D eigenvalue weighted by Crippen LogP contribution is -2.08. The summed E-state index contributed by atoms with van der Waals surface area (Å²) in [5, 5.41) is 0. The molecule has 0 spiro atoms. The first-order valence-electron chi connectivity index (χ1n) is 7.73. The Labute approximate surface area is 128 Å². The number of rotatable bonds is 9. The van der Waals surface area contributed by atoms with Crippen LogP contribution in [0.5, 0.6) is 5.75 Å². The second-order valence-electron chi connectivity index (χ2n) is 5.30. The van der Waals surface area contributed by atoms with Crippen molar-refractivity contribution in [2.75, 3.05) is 6.61 Å². The number of esters is 1. The maximum absolute atomic E-state index is 11.4. The number of ether oxygens (including phenoxy) is 2. The summed E-state index contributed by atoms with van der Waals surface area (Å²) in [4.78, 5) is 11.4. The maximum atomic E-state index is 11.4. The van der Waals surface area contributed by atoms with Gasteiger partial charge in [-0.3, -0.25) is 0 Å². The van der Waals surface area contributed by atoms with E-state index in [2.05, 4.69) is 6.92 Å². The number of carbonyl (C=O) groups is 1. The summed E-state index contributed by atoms with van der Waals surface area (Å²) in [5.41, 5.74) is 0.953. The molecule has 3 nitrogen and oxygen atoms in total. The molecule has 0 bridgehead atoms. The maximum Gasteiger partial charge on any atom is 0.331 e. The van der Waals surface area contributed by atoms with Gasteiger partial charge in [0.1, 0.15) is 5.75 Å². The van der Waals surface area contributed by atoms with Crippen LogP contribution in [-0.4, -0.2) is 18.7 Å². The fourth-order valence-electron chi connectivity index (χ4n) is 1.83. The Hall–Kier alpha value is -1.77. The first kappa shape index (κ1) is 17.3. The molecule has 0 N–H and O–H groups in total. The van der Waals surface area contributed by atoms with E-state index in [4.69, 9.17) is 9.47 Å². The van der Waals surface area contributed by atoms with Crippen molar-refractivity contribution in [1.29, 1.82) is 0 Å². The highest BCUT2D eigenvalue weighted by Crippen LogP contribution is 2.14. The van der Waals surface area contributed by atoms with Gasteiger partial charge in [-0.05, 0) is 44.0 Å². The highest BCUT2D eigenvalue weighted by molar-refractivity contribution is 5.87. The summed E-state index contributed by atoms with van der Waals surface area (Å²) in [6.07, 6.45) is 7.91. The van der Waals surface area contributed by atoms with E-state index in [9.17, 15) is 4.79 Å². The predicted molar refractivity (Wildman–Crippen MR) is 86.3 cm³/mol. The van der Waals surface area contributed by atoms with Crippen molar-refractivity contribution >= 4 is 12.0 Å². The zero-order valence-electron chi connectivity index (χ0n) is 13.3. The molecule has 1 aromatic carbocycles. The second-order valence-corrected chi connectivity index (χ2v) is 5.30. The molecule has 0 aromatic heterocycles. The Morgan fingerprint density at radius 3 is 2.48 bits per heavy atom. The van der Waals surface area contributed by atoms with Gasteiger partial charge in [0.2, 0.25) is 0 Å². The molecule has 0 atom stereocenters. The average Bonchev–Trinajstić information content (AvgIpc) is 2.45. The number of unbranched alkanes of at least 4 members (excludes halogenated alkanes) is 3. The van der Waals surface area contributed by atoms with Gasteiger partial charge in [0.25, 0.3) is 0 Å². The van der Waals surface area contributed by atoms with Crippen molar-refractivity contribution in [2.24, 2.45) is 0 Å². The van der Waals surface area contributed by atoms with Crippen molar-refractivity contribution in [3.63, 3.8) is 0 Å². The number of carbonyl (C=O) groups excluding carboxylic acids is 1. The quantitative estimate of drug-likeness (QED) is 0.378. The molecule has 116 valence electrons. The SMILES string of the molecule is CCCCCCOc1ccc(C=CC(=O)OC(C)C)cc1. The molecule has 0 saturated carbocycles. The molecule has 0 unspecified atom stereocenters. The minimum Gasteiger partial charge on any atom is -0.494 e. The van der Waals surface area contributed by atoms with Crippen LogP contribution in [0.2, 0.25) is 0 Å². The zero-order chi connectivity index (χ0) is 15.5. The second kappa shape index (κ2) is 10.0. The Bertz CT molecular complexity index is 432. The largest absolute Gasteiger partial charge is 0.494 e. The molecule has 1 aromatic rings. The summed E-state index contributed by atoms with van der Waals surface area (Å²) >= 11 is 0. The smallest absolute Gasteiger partial charge is 0.331 e. The van der Waals surface area contributed by atoms with Crippen LogP contribution in [-0.2, 0) is 9.53 Å². The van der Waals surface area contributed by atoms with Crippen LogP contribution in [0.25, 0.3) is 6.08 Å². The van der Waals surface area contributed by atoms with E-state index in [-0.39, 0.29) is 12.1 Å². The molecule has 0 aliphatic rings. The Morgan fingerprint density at radius 1 is 1.14 bits per heavy atom. The standard InChI is InChI=1S/C18H26O3/c1-4-5-6-7-14-20-17-11-8-16(9-12-17)10-13-18(19)21-15(2)3/h8-13,15H,4-7,14H2,1-3H3. The van der Waals surface area contributed by atoms with Gasteiger partial charge >= 0.3 is 5.97 Å².